The molecule has 2 amide bonds. The summed E-state index contributed by atoms with van der Waals surface area (Å²) in [6.45, 7) is 5.03. The molecule has 1 saturated heterocycles. The summed E-state index contributed by atoms with van der Waals surface area (Å²) in [5.74, 6) is -0.129. The van der Waals surface area contributed by atoms with Gasteiger partial charge in [0.1, 0.15) is 17.2 Å². The maximum absolute atomic E-state index is 12.4. The Hall–Kier alpha value is -1.96. The normalized spacial score (nSPS) is 19.9. The Bertz CT molecular complexity index is 600. The van der Waals surface area contributed by atoms with Crippen LogP contribution in [0.2, 0.25) is 0 Å². The van der Waals surface area contributed by atoms with Gasteiger partial charge < -0.3 is 19.4 Å². The molecule has 0 radical (unpaired) electrons. The molecule has 0 spiro atoms. The molecule has 2 rings (SSSR count). The summed E-state index contributed by atoms with van der Waals surface area (Å²) in [7, 11) is 0. The first kappa shape index (κ1) is 19.4. The zero-order valence-corrected chi connectivity index (χ0v) is 15.5. The molecule has 2 heterocycles. The summed E-state index contributed by atoms with van der Waals surface area (Å²) < 4.78 is 10.5. The number of hydrogen-bond acceptors (Lipinski definition) is 6. The van der Waals surface area contributed by atoms with Crippen molar-refractivity contribution in [1.82, 2.24) is 10.2 Å². The van der Waals surface area contributed by atoms with Gasteiger partial charge in [-0.1, -0.05) is 13.8 Å². The largest absolute Gasteiger partial charge is 0.466 e. The molecular formula is C17H24N2O5S. The molecule has 7 nitrogen and oxygen atoms in total. The molecule has 1 fully saturated rings. The molecule has 0 saturated carbocycles. The molecule has 0 aromatic carbocycles. The number of nitrogens with zero attached hydrogens (tertiary/aromatic N) is 1. The Morgan fingerprint density at radius 2 is 2.12 bits per heavy atom. The van der Waals surface area contributed by atoms with Crippen LogP contribution < -0.4 is 5.32 Å². The van der Waals surface area contributed by atoms with E-state index < -0.39 is 12.0 Å². The van der Waals surface area contributed by atoms with Gasteiger partial charge in [-0.25, -0.2) is 4.79 Å². The van der Waals surface area contributed by atoms with E-state index in [1.807, 2.05) is 13.8 Å². The number of furan rings is 1. The highest BCUT2D eigenvalue weighted by molar-refractivity contribution is 7.99. The minimum Gasteiger partial charge on any atom is -0.466 e. The van der Waals surface area contributed by atoms with Crippen LogP contribution in [0, 0.1) is 0 Å². The van der Waals surface area contributed by atoms with Gasteiger partial charge in [0.25, 0.3) is 5.91 Å². The number of amides is 2. The predicted molar refractivity (Wildman–Crippen MR) is 93.7 cm³/mol. The van der Waals surface area contributed by atoms with Crippen LogP contribution in [0.5, 0.6) is 0 Å². The zero-order valence-electron chi connectivity index (χ0n) is 14.7. The summed E-state index contributed by atoms with van der Waals surface area (Å²) >= 11 is 1.44. The summed E-state index contributed by atoms with van der Waals surface area (Å²) in [4.78, 5) is 37.7. The lowest BCUT2D eigenvalue weighted by molar-refractivity contribution is -0.156. The first-order valence-electron chi connectivity index (χ1n) is 8.37. The van der Waals surface area contributed by atoms with Crippen LogP contribution in [0.25, 0.3) is 0 Å². The van der Waals surface area contributed by atoms with E-state index in [0.717, 1.165) is 12.8 Å². The molecule has 0 aliphatic carbocycles. The fourth-order valence-electron chi connectivity index (χ4n) is 2.72. The lowest BCUT2D eigenvalue weighted by Gasteiger charge is -2.25. The van der Waals surface area contributed by atoms with Gasteiger partial charge in [0.2, 0.25) is 5.91 Å². The average Bonchev–Trinajstić information content (AvgIpc) is 3.25. The molecule has 1 aromatic rings. The highest BCUT2D eigenvalue weighted by Crippen LogP contribution is 2.41. The highest BCUT2D eigenvalue weighted by atomic mass is 32.2. The zero-order chi connectivity index (χ0) is 18.4. The van der Waals surface area contributed by atoms with Crippen molar-refractivity contribution < 1.29 is 23.5 Å². The van der Waals surface area contributed by atoms with Crippen LogP contribution >= 0.6 is 11.8 Å². The number of hydrogen-bond donors (Lipinski definition) is 1. The molecular weight excluding hydrogens is 344 g/mol. The maximum atomic E-state index is 12.4. The lowest BCUT2D eigenvalue weighted by Crippen LogP contribution is -2.44. The summed E-state index contributed by atoms with van der Waals surface area (Å²) in [6.07, 6.45) is 3.17. The van der Waals surface area contributed by atoms with Crippen LogP contribution in [-0.2, 0) is 19.1 Å². The van der Waals surface area contributed by atoms with E-state index in [0.29, 0.717) is 11.5 Å². The summed E-state index contributed by atoms with van der Waals surface area (Å²) in [6, 6.07) is 2.86. The van der Waals surface area contributed by atoms with E-state index in [9.17, 15) is 14.4 Å². The van der Waals surface area contributed by atoms with Crippen LogP contribution in [0.4, 0.5) is 0 Å². The Balaban J connectivity index is 1.94. The molecule has 8 heteroatoms. The SMILES string of the molecule is CCC(CC)NC(=O)COC(=O)[C@@H]1CS[C@H](c2ccco2)N1C(C)=O. The molecule has 25 heavy (non-hydrogen) atoms. The molecule has 2 atom stereocenters. The minimum atomic E-state index is -0.724. The first-order chi connectivity index (χ1) is 12.0. The van der Waals surface area contributed by atoms with Crippen LogP contribution in [0.1, 0.15) is 44.7 Å². The van der Waals surface area contributed by atoms with E-state index in [4.69, 9.17) is 9.15 Å². The standard InChI is InChI=1S/C17H24N2O5S/c1-4-12(5-2)18-15(21)9-24-17(22)13-10-25-16(19(13)11(3)20)14-7-6-8-23-14/h6-8,12-13,16H,4-5,9-10H2,1-3H3,(H,18,21)/t13-,16+/m0/s1. The van der Waals surface area contributed by atoms with Gasteiger partial charge in [0, 0.05) is 18.7 Å². The molecule has 1 N–H and O–H groups in total. The van der Waals surface area contributed by atoms with Crippen molar-refractivity contribution in [2.24, 2.45) is 0 Å². The van der Waals surface area contributed by atoms with Crippen molar-refractivity contribution in [3.8, 4) is 0 Å². The van der Waals surface area contributed by atoms with E-state index in [2.05, 4.69) is 5.32 Å². The third-order valence-corrected chi connectivity index (χ3v) is 5.40. The van der Waals surface area contributed by atoms with E-state index in [-0.39, 0.29) is 29.8 Å². The van der Waals surface area contributed by atoms with Gasteiger partial charge in [0.05, 0.1) is 6.26 Å². The predicted octanol–water partition coefficient (Wildman–Crippen LogP) is 2.09. The molecule has 1 aliphatic rings. The van der Waals surface area contributed by atoms with Crippen molar-refractivity contribution in [3.05, 3.63) is 24.2 Å². The average molecular weight is 368 g/mol. The van der Waals surface area contributed by atoms with Crippen molar-refractivity contribution in [2.75, 3.05) is 12.4 Å². The molecule has 0 unspecified atom stereocenters. The number of ether oxygens (including phenoxy) is 1. The van der Waals surface area contributed by atoms with Crippen LogP contribution in [-0.4, -0.2) is 47.1 Å². The Labute approximate surface area is 151 Å². The van der Waals surface area contributed by atoms with Gasteiger partial charge >= 0.3 is 5.97 Å². The van der Waals surface area contributed by atoms with Crippen molar-refractivity contribution in [2.45, 2.75) is 51.1 Å². The topological polar surface area (TPSA) is 88.8 Å². The number of rotatable bonds is 7. The fraction of sp³-hybridized carbons (Fsp3) is 0.588. The second-order valence-corrected chi connectivity index (χ2v) is 6.95. The molecule has 1 aromatic heterocycles. The van der Waals surface area contributed by atoms with E-state index in [1.54, 1.807) is 12.1 Å². The van der Waals surface area contributed by atoms with Crippen molar-refractivity contribution in [3.63, 3.8) is 0 Å². The molecule has 1 aliphatic heterocycles. The van der Waals surface area contributed by atoms with E-state index in [1.165, 1.54) is 29.8 Å². The Kier molecular flexibility index (Phi) is 6.92. The van der Waals surface area contributed by atoms with Gasteiger partial charge in [-0.15, -0.1) is 11.8 Å². The number of thioether (sulfide) groups is 1. The minimum absolute atomic E-state index is 0.0743. The van der Waals surface area contributed by atoms with Gasteiger partial charge in [0.15, 0.2) is 6.61 Å². The molecule has 0 bridgehead atoms. The van der Waals surface area contributed by atoms with E-state index >= 15 is 0 Å². The van der Waals surface area contributed by atoms with Gasteiger partial charge in [-0.05, 0) is 25.0 Å². The number of carbonyl (C=O) groups excluding carboxylic acids is 3. The quantitative estimate of drug-likeness (QED) is 0.742. The van der Waals surface area contributed by atoms with Gasteiger partial charge in [-0.2, -0.15) is 0 Å². The summed E-state index contributed by atoms with van der Waals surface area (Å²) in [5.41, 5.74) is 0. The maximum Gasteiger partial charge on any atom is 0.330 e. The Morgan fingerprint density at radius 3 is 2.68 bits per heavy atom. The van der Waals surface area contributed by atoms with Crippen LogP contribution in [0.15, 0.2) is 22.8 Å². The van der Waals surface area contributed by atoms with Gasteiger partial charge in [-0.3, -0.25) is 9.59 Å². The number of carbonyl (C=O) groups is 3. The third kappa shape index (κ3) is 4.78. The van der Waals surface area contributed by atoms with Crippen LogP contribution in [0.3, 0.4) is 0 Å². The van der Waals surface area contributed by atoms with Crippen molar-refractivity contribution in [1.29, 1.82) is 0 Å². The number of nitrogens with one attached hydrogen (secondary N) is 1. The second kappa shape index (κ2) is 8.94. The smallest absolute Gasteiger partial charge is 0.330 e. The second-order valence-electron chi connectivity index (χ2n) is 5.83. The summed E-state index contributed by atoms with van der Waals surface area (Å²) in [5, 5.41) is 2.45. The number of esters is 1. The monoisotopic (exact) mass is 368 g/mol. The third-order valence-electron chi connectivity index (χ3n) is 4.12. The molecule has 138 valence electrons. The lowest BCUT2D eigenvalue weighted by atomic mass is 10.2. The van der Waals surface area contributed by atoms with Crippen molar-refractivity contribution >= 4 is 29.5 Å². The fourth-order valence-corrected chi connectivity index (χ4v) is 4.13. The first-order valence-corrected chi connectivity index (χ1v) is 9.42. The highest BCUT2D eigenvalue weighted by Gasteiger charge is 2.43. The Morgan fingerprint density at radius 1 is 1.40 bits per heavy atom.